The minimum absolute atomic E-state index is 0.0719. The van der Waals surface area contributed by atoms with E-state index in [1.54, 1.807) is 0 Å². The molecule has 2 aliphatic rings. The largest absolute Gasteiger partial charge is 0.453 e. The van der Waals surface area contributed by atoms with E-state index in [1.807, 2.05) is 0 Å². The molecule has 4 atom stereocenters. The zero-order valence-corrected chi connectivity index (χ0v) is 17.7. The van der Waals surface area contributed by atoms with Crippen LogP contribution < -0.4 is 0 Å². The number of imidazole rings is 1. The van der Waals surface area contributed by atoms with Crippen molar-refractivity contribution in [2.24, 2.45) is 10.2 Å². The zero-order chi connectivity index (χ0) is 24.3. The first-order chi connectivity index (χ1) is 16.2. The molecule has 1 saturated heterocycles. The summed E-state index contributed by atoms with van der Waals surface area (Å²) in [5, 5.41) is 26.8. The maximum absolute atomic E-state index is 13.1. The van der Waals surface area contributed by atoms with E-state index in [0.29, 0.717) is 11.2 Å². The second-order valence-electron chi connectivity index (χ2n) is 7.61. The molecule has 4 heterocycles. The van der Waals surface area contributed by atoms with Crippen molar-refractivity contribution >= 4 is 29.4 Å². The number of esters is 1. The van der Waals surface area contributed by atoms with Gasteiger partial charge in [-0.25, -0.2) is 14.8 Å². The van der Waals surface area contributed by atoms with Crippen LogP contribution in [0.15, 0.2) is 47.1 Å². The van der Waals surface area contributed by atoms with Crippen LogP contribution in [-0.4, -0.2) is 66.8 Å². The van der Waals surface area contributed by atoms with Crippen LogP contribution >= 0.6 is 12.2 Å². The SMILES string of the molecule is O=C(O[C@H]1[C@@H](O)[C@H](n2cnc3c(=S)nc[nH]c32)O[C@@H]1CO)c1ccc(C2(C(F)(F)F)N=N2)cc1. The van der Waals surface area contributed by atoms with Crippen molar-refractivity contribution in [2.45, 2.75) is 36.4 Å². The molecule has 178 valence electrons. The molecular formula is C19H15F3N6O5S. The molecule has 0 amide bonds. The Kier molecular flexibility index (Phi) is 5.23. The van der Waals surface area contributed by atoms with Gasteiger partial charge < -0.3 is 24.7 Å². The summed E-state index contributed by atoms with van der Waals surface area (Å²) < 4.78 is 52.2. The number of carbonyl (C=O) groups excluding carboxylic acids is 1. The first-order valence-corrected chi connectivity index (χ1v) is 10.2. The number of benzene rings is 1. The molecule has 0 saturated carbocycles. The summed E-state index contributed by atoms with van der Waals surface area (Å²) in [4.78, 5) is 23.6. The maximum atomic E-state index is 13.1. The van der Waals surface area contributed by atoms with Crippen LogP contribution in [0.3, 0.4) is 0 Å². The van der Waals surface area contributed by atoms with Crippen molar-refractivity contribution < 1.29 is 37.7 Å². The summed E-state index contributed by atoms with van der Waals surface area (Å²) in [5.41, 5.74) is -2.16. The lowest BCUT2D eigenvalue weighted by atomic mass is 10.0. The van der Waals surface area contributed by atoms with Gasteiger partial charge in [-0.2, -0.15) is 13.2 Å². The number of alkyl halides is 3. The van der Waals surface area contributed by atoms with Crippen molar-refractivity contribution in [1.29, 1.82) is 0 Å². The average Bonchev–Trinajstić information content (AvgIpc) is 3.45. The smallest absolute Gasteiger partial charge is 0.442 e. The van der Waals surface area contributed by atoms with Crippen LogP contribution in [0.5, 0.6) is 0 Å². The fraction of sp³-hybridized carbons (Fsp3) is 0.368. The Morgan fingerprint density at radius 3 is 2.59 bits per heavy atom. The van der Waals surface area contributed by atoms with Crippen LogP contribution in [0.2, 0.25) is 0 Å². The summed E-state index contributed by atoms with van der Waals surface area (Å²) in [5.74, 6) is -0.928. The Bertz CT molecular complexity index is 1330. The monoisotopic (exact) mass is 496 g/mol. The molecule has 2 aliphatic heterocycles. The van der Waals surface area contributed by atoms with Gasteiger partial charge in [-0.1, -0.05) is 24.4 Å². The normalized spacial score (nSPS) is 25.6. The number of H-pyrrole nitrogens is 1. The Morgan fingerprint density at radius 1 is 1.26 bits per heavy atom. The number of nitrogens with zero attached hydrogens (tertiary/aromatic N) is 5. The molecule has 5 rings (SSSR count). The third-order valence-corrected chi connectivity index (χ3v) is 5.90. The fourth-order valence-electron chi connectivity index (χ4n) is 3.78. The van der Waals surface area contributed by atoms with Crippen molar-refractivity contribution in [3.05, 3.63) is 52.7 Å². The molecule has 0 unspecified atom stereocenters. The Balaban J connectivity index is 1.35. The quantitative estimate of drug-likeness (QED) is 0.360. The minimum Gasteiger partial charge on any atom is -0.453 e. The summed E-state index contributed by atoms with van der Waals surface area (Å²) >= 11 is 5.11. The molecule has 1 fully saturated rings. The summed E-state index contributed by atoms with van der Waals surface area (Å²) in [6.45, 7) is -0.578. The van der Waals surface area contributed by atoms with Gasteiger partial charge in [0.15, 0.2) is 17.0 Å². The van der Waals surface area contributed by atoms with E-state index < -0.39 is 49.0 Å². The number of halogens is 3. The molecule has 3 N–H and O–H groups in total. The van der Waals surface area contributed by atoms with Gasteiger partial charge in [0, 0.05) is 5.56 Å². The van der Waals surface area contributed by atoms with E-state index >= 15 is 0 Å². The second-order valence-corrected chi connectivity index (χ2v) is 8.00. The molecule has 15 heteroatoms. The van der Waals surface area contributed by atoms with Crippen molar-refractivity contribution in [2.75, 3.05) is 6.61 Å². The minimum atomic E-state index is -4.69. The molecule has 3 aromatic rings. The van der Waals surface area contributed by atoms with Gasteiger partial charge in [0.25, 0.3) is 0 Å². The molecule has 11 nitrogen and oxygen atoms in total. The number of aliphatic hydroxyl groups is 2. The Hall–Kier alpha value is -3.27. The van der Waals surface area contributed by atoms with Gasteiger partial charge in [-0.3, -0.25) is 4.57 Å². The molecule has 1 aromatic carbocycles. The van der Waals surface area contributed by atoms with Gasteiger partial charge in [0.2, 0.25) is 0 Å². The van der Waals surface area contributed by atoms with Gasteiger partial charge in [0.1, 0.15) is 23.4 Å². The van der Waals surface area contributed by atoms with E-state index in [2.05, 4.69) is 25.2 Å². The number of carbonyl (C=O) groups is 1. The van der Waals surface area contributed by atoms with Crippen LogP contribution in [-0.2, 0) is 15.1 Å². The number of fused-ring (bicyclic) bond motifs is 1. The Labute approximate surface area is 192 Å². The summed E-state index contributed by atoms with van der Waals surface area (Å²) in [6.07, 6.45) is -6.84. The molecular weight excluding hydrogens is 481 g/mol. The number of aliphatic hydroxyl groups excluding tert-OH is 2. The van der Waals surface area contributed by atoms with Crippen LogP contribution in [0.1, 0.15) is 22.1 Å². The highest BCUT2D eigenvalue weighted by molar-refractivity contribution is 7.71. The van der Waals surface area contributed by atoms with Crippen LogP contribution in [0, 0.1) is 4.64 Å². The lowest BCUT2D eigenvalue weighted by Crippen LogP contribution is -2.38. The number of hydrogen-bond acceptors (Lipinski definition) is 10. The highest BCUT2D eigenvalue weighted by Gasteiger charge is 2.65. The number of ether oxygens (including phenoxy) is 2. The second kappa shape index (κ2) is 7.90. The van der Waals surface area contributed by atoms with Crippen LogP contribution in [0.4, 0.5) is 13.2 Å². The van der Waals surface area contributed by atoms with E-state index in [-0.39, 0.29) is 15.8 Å². The van der Waals surface area contributed by atoms with E-state index in [4.69, 9.17) is 21.7 Å². The fourth-order valence-corrected chi connectivity index (χ4v) is 3.98. The number of aromatic amines is 1. The standard InChI is InChI=1S/C19H15F3N6O5S/c20-19(21,22)18(26-27-18)9-3-1-8(2-4-9)17(31)33-13-10(5-29)32-16(12(13)30)28-7-25-11-14(28)23-6-24-15(11)34/h1-4,6-7,10,12-13,16,29-30H,5H2,(H,23,24,34)/t10-,12-,13-,16-/m1/s1. The topological polar surface area (TPSA) is 147 Å². The lowest BCUT2D eigenvalue weighted by Gasteiger charge is -2.20. The van der Waals surface area contributed by atoms with Gasteiger partial charge in [0.05, 0.1) is 24.8 Å². The van der Waals surface area contributed by atoms with Gasteiger partial charge in [-0.15, -0.1) is 10.2 Å². The van der Waals surface area contributed by atoms with Crippen molar-refractivity contribution in [3.63, 3.8) is 0 Å². The highest BCUT2D eigenvalue weighted by atomic mass is 32.1. The molecule has 0 radical (unpaired) electrons. The highest BCUT2D eigenvalue weighted by Crippen LogP contribution is 2.52. The number of aromatic nitrogens is 4. The number of hydrogen-bond donors (Lipinski definition) is 3. The first-order valence-electron chi connectivity index (χ1n) is 9.83. The molecule has 2 aromatic heterocycles. The molecule has 0 bridgehead atoms. The van der Waals surface area contributed by atoms with Crippen LogP contribution in [0.25, 0.3) is 11.2 Å². The zero-order valence-electron chi connectivity index (χ0n) is 16.9. The third kappa shape index (κ3) is 3.48. The number of nitrogens with one attached hydrogen (secondary N) is 1. The lowest BCUT2D eigenvalue weighted by molar-refractivity contribution is -0.166. The van der Waals surface area contributed by atoms with E-state index in [1.165, 1.54) is 17.2 Å². The average molecular weight is 496 g/mol. The predicted octanol–water partition coefficient (Wildman–Crippen LogP) is 2.15. The van der Waals surface area contributed by atoms with E-state index in [0.717, 1.165) is 24.3 Å². The number of rotatable bonds is 5. The van der Waals surface area contributed by atoms with Crippen molar-refractivity contribution in [1.82, 2.24) is 19.5 Å². The van der Waals surface area contributed by atoms with Gasteiger partial charge in [-0.05, 0) is 12.1 Å². The first kappa shape index (κ1) is 22.5. The molecule has 0 spiro atoms. The third-order valence-electron chi connectivity index (χ3n) is 5.60. The van der Waals surface area contributed by atoms with Gasteiger partial charge >= 0.3 is 17.8 Å². The molecule has 34 heavy (non-hydrogen) atoms. The summed E-state index contributed by atoms with van der Waals surface area (Å²) in [6, 6.07) is 4.43. The molecule has 0 aliphatic carbocycles. The summed E-state index contributed by atoms with van der Waals surface area (Å²) in [7, 11) is 0. The van der Waals surface area contributed by atoms with E-state index in [9.17, 15) is 28.2 Å². The van der Waals surface area contributed by atoms with Crippen molar-refractivity contribution in [3.8, 4) is 0 Å². The predicted molar refractivity (Wildman–Crippen MR) is 108 cm³/mol. The maximum Gasteiger partial charge on any atom is 0.442 e. The Morgan fingerprint density at radius 2 is 1.97 bits per heavy atom.